The van der Waals surface area contributed by atoms with Crippen molar-refractivity contribution >= 4 is 0 Å². The highest BCUT2D eigenvalue weighted by Gasteiger charge is 2.43. The first-order valence-corrected chi connectivity index (χ1v) is 7.71. The Morgan fingerprint density at radius 1 is 1.33 bits per heavy atom. The second-order valence-corrected chi connectivity index (χ2v) is 5.92. The van der Waals surface area contributed by atoms with Crippen LogP contribution in [0.4, 0.5) is 0 Å². The zero-order valence-electron chi connectivity index (χ0n) is 12.0. The summed E-state index contributed by atoms with van der Waals surface area (Å²) < 4.78 is 11.5. The molecule has 2 fully saturated rings. The minimum Gasteiger partial charge on any atom is -0.498 e. The molecule has 2 aliphatic rings. The molecule has 4 atom stereocenters. The number of fused-ring (bicyclic) bond motifs is 1. The third kappa shape index (κ3) is 3.74. The molecule has 0 bridgehead atoms. The van der Waals surface area contributed by atoms with Crippen LogP contribution in [0.3, 0.4) is 0 Å². The highest BCUT2D eigenvalue weighted by atomic mass is 16.6. The second kappa shape index (κ2) is 6.60. The molecule has 0 amide bonds. The Morgan fingerprint density at radius 3 is 2.83 bits per heavy atom. The summed E-state index contributed by atoms with van der Waals surface area (Å²) in [6, 6.07) is 0. The predicted molar refractivity (Wildman–Crippen MR) is 74.4 cm³/mol. The Balaban J connectivity index is 1.66. The number of ether oxygens (including phenoxy) is 2. The molecule has 2 heteroatoms. The topological polar surface area (TPSA) is 21.8 Å². The Morgan fingerprint density at radius 2 is 2.17 bits per heavy atom. The molecule has 1 saturated heterocycles. The van der Waals surface area contributed by atoms with Crippen LogP contribution >= 0.6 is 0 Å². The Labute approximate surface area is 112 Å². The van der Waals surface area contributed by atoms with Crippen LogP contribution in [0.15, 0.2) is 12.3 Å². The van der Waals surface area contributed by atoms with Crippen LogP contribution in [0.25, 0.3) is 0 Å². The molecule has 104 valence electrons. The third-order valence-corrected chi connectivity index (χ3v) is 4.47. The molecule has 2 rings (SSSR count). The van der Waals surface area contributed by atoms with Gasteiger partial charge in [0.25, 0.3) is 0 Å². The van der Waals surface area contributed by atoms with E-state index in [0.29, 0.717) is 24.0 Å². The quantitative estimate of drug-likeness (QED) is 0.474. The lowest BCUT2D eigenvalue weighted by Gasteiger charge is -2.23. The van der Waals surface area contributed by atoms with Crippen molar-refractivity contribution in [1.82, 2.24) is 0 Å². The molecular formula is C16H28O2. The van der Waals surface area contributed by atoms with E-state index < -0.39 is 0 Å². The van der Waals surface area contributed by atoms with Gasteiger partial charge in [-0.1, -0.05) is 33.3 Å². The minimum atomic E-state index is 0.554. The maximum absolute atomic E-state index is 5.95. The monoisotopic (exact) mass is 252 g/mol. The summed E-state index contributed by atoms with van der Waals surface area (Å²) >= 11 is 0. The summed E-state index contributed by atoms with van der Waals surface area (Å²) in [4.78, 5) is 0. The van der Waals surface area contributed by atoms with Gasteiger partial charge in [-0.2, -0.15) is 0 Å². The summed E-state index contributed by atoms with van der Waals surface area (Å²) in [5.74, 6) is 2.26. The number of hydrogen-bond donors (Lipinski definition) is 0. The fourth-order valence-electron chi connectivity index (χ4n) is 3.02. The van der Waals surface area contributed by atoms with Gasteiger partial charge < -0.3 is 9.47 Å². The molecule has 0 aromatic heterocycles. The van der Waals surface area contributed by atoms with Crippen molar-refractivity contribution in [3.8, 4) is 0 Å². The zero-order chi connectivity index (χ0) is 13.0. The van der Waals surface area contributed by atoms with Crippen molar-refractivity contribution in [2.24, 2.45) is 11.8 Å². The molecule has 0 N–H and O–H groups in total. The molecule has 2 nitrogen and oxygen atoms in total. The van der Waals surface area contributed by atoms with Crippen LogP contribution in [-0.4, -0.2) is 18.8 Å². The molecule has 0 aromatic carbocycles. The van der Waals surface area contributed by atoms with Crippen molar-refractivity contribution in [3.05, 3.63) is 12.3 Å². The van der Waals surface area contributed by atoms with Crippen molar-refractivity contribution in [1.29, 1.82) is 0 Å². The molecule has 1 aliphatic heterocycles. The molecule has 1 saturated carbocycles. The van der Waals surface area contributed by atoms with Gasteiger partial charge in [-0.15, -0.1) is 0 Å². The van der Waals surface area contributed by atoms with Crippen molar-refractivity contribution in [2.75, 3.05) is 6.61 Å². The fourth-order valence-corrected chi connectivity index (χ4v) is 3.02. The smallest absolute Gasteiger partial charge is 0.0919 e. The zero-order valence-corrected chi connectivity index (χ0v) is 12.0. The van der Waals surface area contributed by atoms with Crippen LogP contribution < -0.4 is 0 Å². The standard InChI is InChI=1S/C16H28O2/c1-4-6-7-14(5-2)12(3)17-11-13-8-9-15-16(10-13)18-15/h13-16H,3-11H2,1-2H3. The lowest BCUT2D eigenvalue weighted by atomic mass is 9.90. The van der Waals surface area contributed by atoms with Crippen molar-refractivity contribution < 1.29 is 9.47 Å². The van der Waals surface area contributed by atoms with Crippen molar-refractivity contribution in [2.45, 2.75) is 71.0 Å². The minimum absolute atomic E-state index is 0.554. The molecule has 1 heterocycles. The van der Waals surface area contributed by atoms with E-state index in [1.165, 1.54) is 38.5 Å². The van der Waals surface area contributed by atoms with Gasteiger partial charge in [0.2, 0.25) is 0 Å². The Bertz CT molecular complexity index is 274. The van der Waals surface area contributed by atoms with Crippen LogP contribution in [0.2, 0.25) is 0 Å². The normalized spacial score (nSPS) is 31.6. The Kier molecular flexibility index (Phi) is 5.11. The lowest BCUT2D eigenvalue weighted by Crippen LogP contribution is -2.19. The fraction of sp³-hybridized carbons (Fsp3) is 0.875. The van der Waals surface area contributed by atoms with Gasteiger partial charge in [-0.05, 0) is 38.0 Å². The van der Waals surface area contributed by atoms with Gasteiger partial charge in [0.05, 0.1) is 24.6 Å². The number of hydrogen-bond acceptors (Lipinski definition) is 2. The van der Waals surface area contributed by atoms with E-state index >= 15 is 0 Å². The van der Waals surface area contributed by atoms with Crippen molar-refractivity contribution in [3.63, 3.8) is 0 Å². The third-order valence-electron chi connectivity index (χ3n) is 4.47. The SMILES string of the molecule is C=C(OCC1CCC2OC2C1)C(CC)CCCC. The van der Waals surface area contributed by atoms with Gasteiger partial charge in [-0.3, -0.25) is 0 Å². The first-order valence-electron chi connectivity index (χ1n) is 7.71. The van der Waals surface area contributed by atoms with Gasteiger partial charge in [0.1, 0.15) is 0 Å². The highest BCUT2D eigenvalue weighted by molar-refractivity contribution is 4.94. The summed E-state index contributed by atoms with van der Waals surface area (Å²) in [5, 5.41) is 0. The highest BCUT2D eigenvalue weighted by Crippen LogP contribution is 2.39. The summed E-state index contributed by atoms with van der Waals surface area (Å²) in [7, 11) is 0. The molecule has 1 aliphatic carbocycles. The average Bonchev–Trinajstić information content (AvgIpc) is 3.15. The van der Waals surface area contributed by atoms with E-state index in [1.54, 1.807) is 0 Å². The number of allylic oxidation sites excluding steroid dienone is 1. The molecule has 4 unspecified atom stereocenters. The van der Waals surface area contributed by atoms with E-state index in [2.05, 4.69) is 20.4 Å². The first kappa shape index (κ1) is 13.9. The summed E-state index contributed by atoms with van der Waals surface area (Å²) in [6.45, 7) is 9.47. The Hall–Kier alpha value is -0.500. The molecular weight excluding hydrogens is 224 g/mol. The van der Waals surface area contributed by atoms with Gasteiger partial charge in [-0.25, -0.2) is 0 Å². The summed E-state index contributed by atoms with van der Waals surface area (Å²) in [5.41, 5.74) is 0. The molecule has 0 aromatic rings. The van der Waals surface area contributed by atoms with Crippen LogP contribution in [-0.2, 0) is 9.47 Å². The van der Waals surface area contributed by atoms with Crippen LogP contribution in [0.1, 0.15) is 58.8 Å². The number of epoxide rings is 1. The van der Waals surface area contributed by atoms with E-state index in [1.807, 2.05) is 0 Å². The van der Waals surface area contributed by atoms with Gasteiger partial charge in [0, 0.05) is 5.92 Å². The van der Waals surface area contributed by atoms with E-state index in [9.17, 15) is 0 Å². The number of rotatable bonds is 8. The second-order valence-electron chi connectivity index (χ2n) is 5.92. The largest absolute Gasteiger partial charge is 0.498 e. The maximum Gasteiger partial charge on any atom is 0.0919 e. The maximum atomic E-state index is 5.95. The van der Waals surface area contributed by atoms with E-state index in [0.717, 1.165) is 18.8 Å². The summed E-state index contributed by atoms with van der Waals surface area (Å²) in [6.07, 6.45) is 9.76. The van der Waals surface area contributed by atoms with E-state index in [4.69, 9.17) is 9.47 Å². The van der Waals surface area contributed by atoms with Crippen LogP contribution in [0, 0.1) is 11.8 Å². The van der Waals surface area contributed by atoms with E-state index in [-0.39, 0.29) is 0 Å². The molecule has 18 heavy (non-hydrogen) atoms. The van der Waals surface area contributed by atoms with Crippen LogP contribution in [0.5, 0.6) is 0 Å². The van der Waals surface area contributed by atoms with Gasteiger partial charge in [0.15, 0.2) is 0 Å². The molecule has 0 radical (unpaired) electrons. The van der Waals surface area contributed by atoms with Gasteiger partial charge >= 0.3 is 0 Å². The predicted octanol–water partition coefficient (Wildman–Crippen LogP) is 4.30. The number of unbranched alkanes of at least 4 members (excludes halogenated alkanes) is 1. The average molecular weight is 252 g/mol. The lowest BCUT2D eigenvalue weighted by molar-refractivity contribution is 0.121. The molecule has 0 spiro atoms. The first-order chi connectivity index (χ1) is 8.74.